The molecular formula is C22H13BO2. The lowest BCUT2D eigenvalue weighted by Crippen LogP contribution is -2.57. The third-order valence-electron chi connectivity index (χ3n) is 5.18. The molecule has 2 nitrogen and oxygen atoms in total. The molecule has 2 aliphatic heterocycles. The Morgan fingerprint density at radius 1 is 0.600 bits per heavy atom. The lowest BCUT2D eigenvalue weighted by atomic mass is 9.35. The monoisotopic (exact) mass is 320 g/mol. The molecular weight excluding hydrogens is 307 g/mol. The molecule has 0 atom stereocenters. The summed E-state index contributed by atoms with van der Waals surface area (Å²) in [5.74, 6) is 3.68. The van der Waals surface area contributed by atoms with Crippen LogP contribution in [0.15, 0.2) is 78.9 Å². The third kappa shape index (κ3) is 1.70. The van der Waals surface area contributed by atoms with Gasteiger partial charge in [0.1, 0.15) is 23.0 Å². The zero-order valence-corrected chi connectivity index (χ0v) is 13.4. The lowest BCUT2D eigenvalue weighted by molar-refractivity contribution is 0.468. The zero-order chi connectivity index (χ0) is 16.4. The van der Waals surface area contributed by atoms with Crippen molar-refractivity contribution in [3.63, 3.8) is 0 Å². The molecule has 116 valence electrons. The molecule has 4 aromatic rings. The van der Waals surface area contributed by atoms with Crippen LogP contribution in [0.3, 0.4) is 0 Å². The number of fused-ring (bicyclic) bond motifs is 6. The highest BCUT2D eigenvalue weighted by Gasteiger charge is 2.40. The molecule has 0 N–H and O–H groups in total. The van der Waals surface area contributed by atoms with Crippen molar-refractivity contribution in [2.75, 3.05) is 0 Å². The molecule has 0 aromatic heterocycles. The van der Waals surface area contributed by atoms with Gasteiger partial charge in [0, 0.05) is 10.8 Å². The molecule has 0 saturated heterocycles. The quantitative estimate of drug-likeness (QED) is 0.398. The summed E-state index contributed by atoms with van der Waals surface area (Å²) in [5.41, 5.74) is 3.53. The highest BCUT2D eigenvalue weighted by Crippen LogP contribution is 2.39. The fourth-order valence-corrected chi connectivity index (χ4v) is 4.10. The van der Waals surface area contributed by atoms with E-state index in [9.17, 15) is 0 Å². The second-order valence-corrected chi connectivity index (χ2v) is 6.55. The van der Waals surface area contributed by atoms with Gasteiger partial charge >= 0.3 is 0 Å². The maximum absolute atomic E-state index is 6.37. The summed E-state index contributed by atoms with van der Waals surface area (Å²) < 4.78 is 12.6. The molecule has 2 aliphatic rings. The lowest BCUT2D eigenvalue weighted by Gasteiger charge is -2.33. The van der Waals surface area contributed by atoms with Crippen molar-refractivity contribution in [2.45, 2.75) is 0 Å². The number of hydrogen-bond donors (Lipinski definition) is 0. The first-order valence-electron chi connectivity index (χ1n) is 8.49. The predicted molar refractivity (Wildman–Crippen MR) is 102 cm³/mol. The molecule has 0 bridgehead atoms. The van der Waals surface area contributed by atoms with Crippen LogP contribution in [0.5, 0.6) is 23.0 Å². The Kier molecular flexibility index (Phi) is 2.45. The van der Waals surface area contributed by atoms with E-state index in [-0.39, 0.29) is 6.71 Å². The van der Waals surface area contributed by atoms with E-state index in [0.29, 0.717) is 0 Å². The second-order valence-electron chi connectivity index (χ2n) is 6.55. The predicted octanol–water partition coefficient (Wildman–Crippen LogP) is 3.57. The Labute approximate surface area is 145 Å². The van der Waals surface area contributed by atoms with E-state index in [1.807, 2.05) is 24.3 Å². The van der Waals surface area contributed by atoms with Crippen LogP contribution < -0.4 is 25.9 Å². The van der Waals surface area contributed by atoms with Crippen molar-refractivity contribution in [3.05, 3.63) is 78.9 Å². The second kappa shape index (κ2) is 4.67. The van der Waals surface area contributed by atoms with Crippen LogP contribution >= 0.6 is 0 Å². The smallest absolute Gasteiger partial charge is 0.260 e. The molecule has 4 aromatic carbocycles. The first kappa shape index (κ1) is 13.1. The summed E-state index contributed by atoms with van der Waals surface area (Å²) in [6.07, 6.45) is 0. The molecule has 0 amide bonds. The van der Waals surface area contributed by atoms with Gasteiger partial charge in [-0.25, -0.2) is 0 Å². The number of rotatable bonds is 0. The Hall–Kier alpha value is -3.20. The van der Waals surface area contributed by atoms with Crippen molar-refractivity contribution in [1.29, 1.82) is 0 Å². The summed E-state index contributed by atoms with van der Waals surface area (Å²) in [4.78, 5) is 0. The number of ether oxygens (including phenoxy) is 2. The summed E-state index contributed by atoms with van der Waals surface area (Å²) in [6.45, 7) is 0.143. The Morgan fingerprint density at radius 2 is 1.24 bits per heavy atom. The van der Waals surface area contributed by atoms with Gasteiger partial charge in [-0.2, -0.15) is 0 Å². The SMILES string of the molecule is c1ccc2c(c1)Oc1cc3ccccc3c3c1B2c1ccccc1O3. The van der Waals surface area contributed by atoms with Crippen molar-refractivity contribution in [3.8, 4) is 23.0 Å². The summed E-state index contributed by atoms with van der Waals surface area (Å²) in [6, 6.07) is 27.1. The van der Waals surface area contributed by atoms with Crippen molar-refractivity contribution in [2.24, 2.45) is 0 Å². The van der Waals surface area contributed by atoms with Crippen molar-refractivity contribution < 1.29 is 9.47 Å². The van der Waals surface area contributed by atoms with Gasteiger partial charge < -0.3 is 9.47 Å². The Bertz CT molecular complexity index is 1150. The molecule has 3 heteroatoms. The van der Waals surface area contributed by atoms with E-state index in [4.69, 9.17) is 9.47 Å². The van der Waals surface area contributed by atoms with Crippen LogP contribution in [0.4, 0.5) is 0 Å². The van der Waals surface area contributed by atoms with Crippen LogP contribution in [-0.4, -0.2) is 6.71 Å². The zero-order valence-electron chi connectivity index (χ0n) is 13.4. The molecule has 0 saturated carbocycles. The number of para-hydroxylation sites is 2. The van der Waals surface area contributed by atoms with Crippen LogP contribution in [0.1, 0.15) is 0 Å². The topological polar surface area (TPSA) is 18.5 Å². The minimum atomic E-state index is 0.143. The maximum atomic E-state index is 6.37. The van der Waals surface area contributed by atoms with Crippen molar-refractivity contribution in [1.82, 2.24) is 0 Å². The standard InChI is InChI=1S/C22H13BO2/c1-2-8-15-14(7-1)13-20-21-22(15)25-19-12-6-4-10-17(19)23(21)16-9-3-5-11-18(16)24-20/h1-13H. The summed E-state index contributed by atoms with van der Waals surface area (Å²) >= 11 is 0. The fraction of sp³-hybridized carbons (Fsp3) is 0. The summed E-state index contributed by atoms with van der Waals surface area (Å²) in [5, 5.41) is 2.26. The first-order chi connectivity index (χ1) is 12.4. The fourth-order valence-electron chi connectivity index (χ4n) is 4.10. The van der Waals surface area contributed by atoms with Gasteiger partial charge in [0.05, 0.1) is 0 Å². The van der Waals surface area contributed by atoms with Gasteiger partial charge in [0.25, 0.3) is 6.71 Å². The largest absolute Gasteiger partial charge is 0.458 e. The normalized spacial score (nSPS) is 13.4. The van der Waals surface area contributed by atoms with Gasteiger partial charge in [0.2, 0.25) is 0 Å². The summed E-state index contributed by atoms with van der Waals surface area (Å²) in [7, 11) is 0. The first-order valence-corrected chi connectivity index (χ1v) is 8.49. The molecule has 0 aliphatic carbocycles. The van der Waals surface area contributed by atoms with E-state index in [2.05, 4.69) is 54.6 Å². The average molecular weight is 320 g/mol. The van der Waals surface area contributed by atoms with Gasteiger partial charge in [-0.15, -0.1) is 0 Å². The van der Waals surface area contributed by atoms with E-state index in [0.717, 1.165) is 39.2 Å². The minimum Gasteiger partial charge on any atom is -0.458 e. The van der Waals surface area contributed by atoms with Crippen LogP contribution in [0, 0.1) is 0 Å². The third-order valence-corrected chi connectivity index (χ3v) is 5.18. The van der Waals surface area contributed by atoms with Crippen LogP contribution in [-0.2, 0) is 0 Å². The molecule has 2 heterocycles. The highest BCUT2D eigenvalue weighted by atomic mass is 16.5. The molecule has 6 rings (SSSR count). The highest BCUT2D eigenvalue weighted by molar-refractivity contribution is 6.98. The van der Waals surface area contributed by atoms with Crippen LogP contribution in [0.2, 0.25) is 0 Å². The van der Waals surface area contributed by atoms with Gasteiger partial charge in [-0.3, -0.25) is 0 Å². The van der Waals surface area contributed by atoms with E-state index in [1.54, 1.807) is 0 Å². The Balaban J connectivity index is 1.77. The van der Waals surface area contributed by atoms with E-state index >= 15 is 0 Å². The number of benzene rings is 4. The molecule has 0 unspecified atom stereocenters. The Morgan fingerprint density at radius 3 is 2.04 bits per heavy atom. The number of hydrogen-bond acceptors (Lipinski definition) is 2. The molecule has 0 fully saturated rings. The minimum absolute atomic E-state index is 0.143. The maximum Gasteiger partial charge on any atom is 0.260 e. The molecule has 0 radical (unpaired) electrons. The average Bonchev–Trinajstić information content (AvgIpc) is 2.67. The van der Waals surface area contributed by atoms with Gasteiger partial charge in [-0.1, -0.05) is 60.7 Å². The molecule has 25 heavy (non-hydrogen) atoms. The van der Waals surface area contributed by atoms with Crippen molar-refractivity contribution >= 4 is 33.9 Å². The van der Waals surface area contributed by atoms with Gasteiger partial charge in [-0.05, 0) is 34.5 Å². The van der Waals surface area contributed by atoms with E-state index in [1.165, 1.54) is 10.9 Å². The van der Waals surface area contributed by atoms with Gasteiger partial charge in [0.15, 0.2) is 0 Å². The molecule has 0 spiro atoms. The van der Waals surface area contributed by atoms with Crippen LogP contribution in [0.25, 0.3) is 10.8 Å². The van der Waals surface area contributed by atoms with E-state index < -0.39 is 0 Å².